The Bertz CT molecular complexity index is 1120. The third kappa shape index (κ3) is 3.88. The summed E-state index contributed by atoms with van der Waals surface area (Å²) in [5.74, 6) is -0.126. The van der Waals surface area contributed by atoms with Crippen LogP contribution in [0.5, 0.6) is 0 Å². The smallest absolute Gasteiger partial charge is 0.230 e. The molecule has 5 nitrogen and oxygen atoms in total. The Balaban J connectivity index is 1.43. The van der Waals surface area contributed by atoms with Crippen molar-refractivity contribution in [2.45, 2.75) is 20.3 Å². The highest BCUT2D eigenvalue weighted by Gasteiger charge is 2.15. The molecule has 0 aliphatic carbocycles. The maximum atomic E-state index is 12.5. The normalized spacial score (nSPS) is 10.8. The summed E-state index contributed by atoms with van der Waals surface area (Å²) in [4.78, 5) is 12.5. The van der Waals surface area contributed by atoms with E-state index in [1.54, 1.807) is 0 Å². The average molecular weight is 371 g/mol. The van der Waals surface area contributed by atoms with Crippen molar-refractivity contribution in [3.05, 3.63) is 83.6 Å². The van der Waals surface area contributed by atoms with Gasteiger partial charge in [0, 0.05) is 22.4 Å². The van der Waals surface area contributed by atoms with Gasteiger partial charge in [0.1, 0.15) is 5.69 Å². The van der Waals surface area contributed by atoms with Crippen molar-refractivity contribution in [3.8, 4) is 0 Å². The largest absolute Gasteiger partial charge is 0.356 e. The first-order valence-corrected chi connectivity index (χ1v) is 9.16. The zero-order valence-corrected chi connectivity index (χ0v) is 15.8. The molecule has 140 valence electrons. The Morgan fingerprint density at radius 3 is 2.36 bits per heavy atom. The number of fused-ring (bicyclic) bond motifs is 1. The molecule has 4 aromatic rings. The SMILES string of the molecule is Cc1cc(C)c2c(CC(=O)Nc3ccc(Nc4ccccc4)cc3)noc2c1. The van der Waals surface area contributed by atoms with Crippen LogP contribution in [0.2, 0.25) is 0 Å². The Hall–Kier alpha value is -3.60. The van der Waals surface area contributed by atoms with E-state index in [1.165, 1.54) is 0 Å². The molecule has 28 heavy (non-hydrogen) atoms. The van der Waals surface area contributed by atoms with Crippen LogP contribution in [0.25, 0.3) is 11.0 Å². The number of rotatable bonds is 5. The number of carbonyl (C=O) groups is 1. The molecule has 0 atom stereocenters. The van der Waals surface area contributed by atoms with Crippen LogP contribution in [0.3, 0.4) is 0 Å². The number of nitrogens with zero attached hydrogens (tertiary/aromatic N) is 1. The van der Waals surface area contributed by atoms with Crippen LogP contribution in [-0.4, -0.2) is 11.1 Å². The quantitative estimate of drug-likeness (QED) is 0.495. The van der Waals surface area contributed by atoms with Crippen LogP contribution in [-0.2, 0) is 11.2 Å². The van der Waals surface area contributed by atoms with Gasteiger partial charge in [-0.15, -0.1) is 0 Å². The lowest BCUT2D eigenvalue weighted by Gasteiger charge is -2.08. The molecule has 0 aliphatic heterocycles. The number of para-hydroxylation sites is 1. The summed E-state index contributed by atoms with van der Waals surface area (Å²) in [5.41, 5.74) is 6.27. The lowest BCUT2D eigenvalue weighted by Crippen LogP contribution is -2.14. The second-order valence-electron chi connectivity index (χ2n) is 6.88. The average Bonchev–Trinajstić information content (AvgIpc) is 3.07. The van der Waals surface area contributed by atoms with Crippen LogP contribution >= 0.6 is 0 Å². The number of amides is 1. The fourth-order valence-corrected chi connectivity index (χ4v) is 3.32. The highest BCUT2D eigenvalue weighted by atomic mass is 16.5. The first-order chi connectivity index (χ1) is 13.6. The molecule has 0 saturated heterocycles. The standard InChI is InChI=1S/C23H21N3O2/c1-15-12-16(2)23-20(26-28-21(23)13-15)14-22(27)25-19-10-8-18(9-11-19)24-17-6-4-3-5-7-17/h3-13,24H,14H2,1-2H3,(H,25,27). The molecular weight excluding hydrogens is 350 g/mol. The lowest BCUT2D eigenvalue weighted by molar-refractivity contribution is -0.115. The zero-order valence-electron chi connectivity index (χ0n) is 15.8. The van der Waals surface area contributed by atoms with Crippen molar-refractivity contribution >= 4 is 33.9 Å². The van der Waals surface area contributed by atoms with Crippen molar-refractivity contribution in [3.63, 3.8) is 0 Å². The van der Waals surface area contributed by atoms with Gasteiger partial charge < -0.3 is 15.2 Å². The number of aromatic nitrogens is 1. The van der Waals surface area contributed by atoms with Crippen molar-refractivity contribution < 1.29 is 9.32 Å². The molecule has 1 aromatic heterocycles. The van der Waals surface area contributed by atoms with Crippen LogP contribution in [0.1, 0.15) is 16.8 Å². The summed E-state index contributed by atoms with van der Waals surface area (Å²) in [7, 11) is 0. The van der Waals surface area contributed by atoms with Gasteiger partial charge in [-0.3, -0.25) is 4.79 Å². The van der Waals surface area contributed by atoms with E-state index in [0.29, 0.717) is 5.69 Å². The number of hydrogen-bond acceptors (Lipinski definition) is 4. The van der Waals surface area contributed by atoms with Gasteiger partial charge in [0.2, 0.25) is 5.91 Å². The Labute approximate surface area is 163 Å². The van der Waals surface area contributed by atoms with E-state index >= 15 is 0 Å². The van der Waals surface area contributed by atoms with E-state index in [0.717, 1.165) is 39.2 Å². The Kier molecular flexibility index (Phi) is 4.81. The Morgan fingerprint density at radius 2 is 1.61 bits per heavy atom. The second kappa shape index (κ2) is 7.56. The van der Waals surface area contributed by atoms with E-state index in [4.69, 9.17) is 4.52 Å². The minimum absolute atomic E-state index is 0.126. The number of hydrogen-bond donors (Lipinski definition) is 2. The molecule has 0 fully saturated rings. The van der Waals surface area contributed by atoms with E-state index < -0.39 is 0 Å². The molecular formula is C23H21N3O2. The summed E-state index contributed by atoms with van der Waals surface area (Å²) in [6.07, 6.45) is 0.168. The van der Waals surface area contributed by atoms with Crippen LogP contribution in [0.4, 0.5) is 17.1 Å². The summed E-state index contributed by atoms with van der Waals surface area (Å²) < 4.78 is 5.40. The number of benzene rings is 3. The third-order valence-corrected chi connectivity index (χ3v) is 4.55. The maximum Gasteiger partial charge on any atom is 0.230 e. The third-order valence-electron chi connectivity index (χ3n) is 4.55. The first-order valence-electron chi connectivity index (χ1n) is 9.16. The van der Waals surface area contributed by atoms with Gasteiger partial charge in [0.05, 0.1) is 6.42 Å². The van der Waals surface area contributed by atoms with Crippen molar-refractivity contribution in [2.24, 2.45) is 0 Å². The fourth-order valence-electron chi connectivity index (χ4n) is 3.32. The van der Waals surface area contributed by atoms with Gasteiger partial charge in [-0.25, -0.2) is 0 Å². The molecule has 4 rings (SSSR count). The van der Waals surface area contributed by atoms with Crippen molar-refractivity contribution in [2.75, 3.05) is 10.6 Å². The van der Waals surface area contributed by atoms with E-state index in [-0.39, 0.29) is 12.3 Å². The van der Waals surface area contributed by atoms with Crippen LogP contribution in [0.15, 0.2) is 71.3 Å². The maximum absolute atomic E-state index is 12.5. The first kappa shape index (κ1) is 17.8. The highest BCUT2D eigenvalue weighted by molar-refractivity contribution is 5.95. The van der Waals surface area contributed by atoms with Gasteiger partial charge in [-0.2, -0.15) is 0 Å². The number of nitrogens with one attached hydrogen (secondary N) is 2. The van der Waals surface area contributed by atoms with Crippen LogP contribution < -0.4 is 10.6 Å². The fraction of sp³-hybridized carbons (Fsp3) is 0.130. The van der Waals surface area contributed by atoms with Crippen molar-refractivity contribution in [1.29, 1.82) is 0 Å². The highest BCUT2D eigenvalue weighted by Crippen LogP contribution is 2.25. The number of aryl methyl sites for hydroxylation is 2. The molecule has 1 heterocycles. The zero-order chi connectivity index (χ0) is 19.5. The molecule has 1 amide bonds. The van der Waals surface area contributed by atoms with Gasteiger partial charge in [-0.1, -0.05) is 29.4 Å². The minimum Gasteiger partial charge on any atom is -0.356 e. The molecule has 2 N–H and O–H groups in total. The van der Waals surface area contributed by atoms with Crippen molar-refractivity contribution in [1.82, 2.24) is 5.16 Å². The predicted molar refractivity (Wildman–Crippen MR) is 112 cm³/mol. The summed E-state index contributed by atoms with van der Waals surface area (Å²) in [6, 6.07) is 21.6. The molecule has 5 heteroatoms. The summed E-state index contributed by atoms with van der Waals surface area (Å²) >= 11 is 0. The molecule has 0 spiro atoms. The summed E-state index contributed by atoms with van der Waals surface area (Å²) in [6.45, 7) is 4.02. The number of carbonyl (C=O) groups excluding carboxylic acids is 1. The summed E-state index contributed by atoms with van der Waals surface area (Å²) in [5, 5.41) is 11.2. The number of anilines is 3. The van der Waals surface area contributed by atoms with E-state index in [1.807, 2.05) is 74.5 Å². The Morgan fingerprint density at radius 1 is 0.929 bits per heavy atom. The van der Waals surface area contributed by atoms with Gasteiger partial charge in [0.15, 0.2) is 5.58 Å². The van der Waals surface area contributed by atoms with Gasteiger partial charge >= 0.3 is 0 Å². The topological polar surface area (TPSA) is 67.2 Å². The van der Waals surface area contributed by atoms with Gasteiger partial charge in [-0.05, 0) is 67.4 Å². The van der Waals surface area contributed by atoms with E-state index in [9.17, 15) is 4.79 Å². The van der Waals surface area contributed by atoms with E-state index in [2.05, 4.69) is 21.9 Å². The molecule has 3 aromatic carbocycles. The minimum atomic E-state index is -0.126. The lowest BCUT2D eigenvalue weighted by atomic mass is 10.0. The predicted octanol–water partition coefficient (Wildman–Crippen LogP) is 5.37. The monoisotopic (exact) mass is 371 g/mol. The molecule has 0 aliphatic rings. The molecule has 0 saturated carbocycles. The molecule has 0 bridgehead atoms. The van der Waals surface area contributed by atoms with Gasteiger partial charge in [0.25, 0.3) is 0 Å². The van der Waals surface area contributed by atoms with Crippen LogP contribution in [0, 0.1) is 13.8 Å². The second-order valence-corrected chi connectivity index (χ2v) is 6.88. The molecule has 0 radical (unpaired) electrons. The molecule has 0 unspecified atom stereocenters.